The van der Waals surface area contributed by atoms with Crippen LogP contribution in [0.1, 0.15) is 38.1 Å². The Morgan fingerprint density at radius 1 is 1.08 bits per heavy atom. The van der Waals surface area contributed by atoms with Crippen LogP contribution in [0.15, 0.2) is 46.3 Å². The van der Waals surface area contributed by atoms with Crippen molar-refractivity contribution in [2.45, 2.75) is 39.1 Å². The van der Waals surface area contributed by atoms with Gasteiger partial charge in [0.15, 0.2) is 10.6 Å². The summed E-state index contributed by atoms with van der Waals surface area (Å²) in [6.45, 7) is 9.06. The van der Waals surface area contributed by atoms with Gasteiger partial charge in [0.1, 0.15) is 5.82 Å². The Morgan fingerprint density at radius 3 is 2.25 bits per heavy atom. The number of ether oxygens (including phenoxy) is 1. The molecule has 0 N–H and O–H groups in total. The van der Waals surface area contributed by atoms with Crippen molar-refractivity contribution in [1.29, 1.82) is 0 Å². The summed E-state index contributed by atoms with van der Waals surface area (Å²) in [5.74, 6) is -1.80. The zero-order valence-corrected chi connectivity index (χ0v) is 22.6. The average Bonchev–Trinajstić information content (AvgIpc) is 3.13. The van der Waals surface area contributed by atoms with Crippen molar-refractivity contribution >= 4 is 37.5 Å². The fourth-order valence-electron chi connectivity index (χ4n) is 3.76. The number of amides is 1. The number of methoxy groups -OCH3 is 1. The van der Waals surface area contributed by atoms with Gasteiger partial charge in [-0.25, -0.2) is 17.2 Å². The van der Waals surface area contributed by atoms with E-state index in [1.165, 1.54) is 46.3 Å². The monoisotopic (exact) mass is 539 g/mol. The molecule has 0 aliphatic carbocycles. The quantitative estimate of drug-likeness (QED) is 0.375. The van der Waals surface area contributed by atoms with Gasteiger partial charge in [0.2, 0.25) is 10.0 Å². The Hall–Kier alpha value is -2.47. The van der Waals surface area contributed by atoms with Crippen LogP contribution in [0.2, 0.25) is 0 Å². The van der Waals surface area contributed by atoms with Gasteiger partial charge in [0, 0.05) is 38.4 Å². The van der Waals surface area contributed by atoms with Gasteiger partial charge in [0.25, 0.3) is 5.91 Å². The summed E-state index contributed by atoms with van der Waals surface area (Å²) in [6.07, 6.45) is 0. The average molecular weight is 540 g/mol. The highest BCUT2D eigenvalue weighted by atomic mass is 32.2. The molecule has 0 saturated heterocycles. The van der Waals surface area contributed by atoms with Crippen molar-refractivity contribution in [1.82, 2.24) is 8.87 Å². The molecule has 0 spiro atoms. The summed E-state index contributed by atoms with van der Waals surface area (Å²) < 4.78 is 63.0. The fraction of sp³-hybridized carbons (Fsp3) is 0.440. The molecule has 11 heteroatoms. The molecule has 2 aromatic carbocycles. The van der Waals surface area contributed by atoms with E-state index in [9.17, 15) is 22.0 Å². The first kappa shape index (κ1) is 28.1. The summed E-state index contributed by atoms with van der Waals surface area (Å²) in [7, 11) is -2.25. The lowest BCUT2D eigenvalue weighted by atomic mass is 10.2. The predicted octanol–water partition coefficient (Wildman–Crippen LogP) is 4.67. The van der Waals surface area contributed by atoms with E-state index in [1.54, 1.807) is 0 Å². The van der Waals surface area contributed by atoms with E-state index in [1.807, 2.05) is 27.7 Å². The van der Waals surface area contributed by atoms with Crippen LogP contribution in [-0.4, -0.2) is 50.0 Å². The van der Waals surface area contributed by atoms with E-state index >= 15 is 0 Å². The summed E-state index contributed by atoms with van der Waals surface area (Å²) in [5.41, 5.74) is 0.317. The maximum Gasteiger partial charge on any atom is 0.279 e. The highest BCUT2D eigenvalue weighted by Crippen LogP contribution is 2.23. The van der Waals surface area contributed by atoms with E-state index in [2.05, 4.69) is 4.99 Å². The molecule has 3 rings (SSSR count). The summed E-state index contributed by atoms with van der Waals surface area (Å²) >= 11 is 0.986. The Labute approximate surface area is 214 Å². The molecule has 196 valence electrons. The number of halogens is 2. The number of carbonyl (C=O) groups excluding carboxylic acids is 1. The van der Waals surface area contributed by atoms with E-state index in [-0.39, 0.29) is 45.8 Å². The lowest BCUT2D eigenvalue weighted by Gasteiger charge is -2.25. The van der Waals surface area contributed by atoms with Crippen LogP contribution in [0.4, 0.5) is 8.78 Å². The lowest BCUT2D eigenvalue weighted by Crippen LogP contribution is -2.37. The van der Waals surface area contributed by atoms with Gasteiger partial charge in [-0.2, -0.15) is 9.30 Å². The molecule has 36 heavy (non-hydrogen) atoms. The molecule has 0 aliphatic heterocycles. The fourth-order valence-corrected chi connectivity index (χ4v) is 6.62. The van der Waals surface area contributed by atoms with Crippen molar-refractivity contribution < 1.29 is 26.7 Å². The molecule has 0 fully saturated rings. The first-order chi connectivity index (χ1) is 16.9. The van der Waals surface area contributed by atoms with Crippen molar-refractivity contribution in [3.8, 4) is 0 Å². The van der Waals surface area contributed by atoms with Crippen LogP contribution in [-0.2, 0) is 21.3 Å². The highest BCUT2D eigenvalue weighted by molar-refractivity contribution is 7.89. The number of hydrogen-bond donors (Lipinski definition) is 0. The number of benzene rings is 2. The Morgan fingerprint density at radius 2 is 1.69 bits per heavy atom. The van der Waals surface area contributed by atoms with Crippen LogP contribution in [0.5, 0.6) is 0 Å². The number of nitrogens with zero attached hydrogens (tertiary/aromatic N) is 3. The van der Waals surface area contributed by atoms with E-state index in [4.69, 9.17) is 4.74 Å². The number of rotatable bonds is 10. The molecule has 1 amide bonds. The van der Waals surface area contributed by atoms with Crippen molar-refractivity contribution in [3.05, 3.63) is 58.4 Å². The Balaban J connectivity index is 1.97. The highest BCUT2D eigenvalue weighted by Gasteiger charge is 2.26. The van der Waals surface area contributed by atoms with Crippen molar-refractivity contribution in [2.75, 3.05) is 26.8 Å². The number of aromatic nitrogens is 1. The maximum absolute atomic E-state index is 14.5. The Bertz CT molecular complexity index is 1390. The zero-order valence-electron chi connectivity index (χ0n) is 21.0. The molecule has 0 radical (unpaired) electrons. The third kappa shape index (κ3) is 6.44. The summed E-state index contributed by atoms with van der Waals surface area (Å²) in [5, 5.41) is 0. The predicted molar refractivity (Wildman–Crippen MR) is 136 cm³/mol. The van der Waals surface area contributed by atoms with Crippen LogP contribution in [0.25, 0.3) is 10.2 Å². The number of sulfonamides is 1. The van der Waals surface area contributed by atoms with Crippen LogP contribution in [0, 0.1) is 23.5 Å². The lowest BCUT2D eigenvalue weighted by molar-refractivity contribution is 0.0997. The van der Waals surface area contributed by atoms with Gasteiger partial charge < -0.3 is 9.30 Å². The summed E-state index contributed by atoms with van der Waals surface area (Å²) in [6, 6.07) is 7.58. The third-order valence-electron chi connectivity index (χ3n) is 5.29. The first-order valence-electron chi connectivity index (χ1n) is 11.6. The van der Waals surface area contributed by atoms with E-state index in [0.29, 0.717) is 17.8 Å². The third-order valence-corrected chi connectivity index (χ3v) is 8.16. The van der Waals surface area contributed by atoms with Gasteiger partial charge in [-0.05, 0) is 42.2 Å². The largest absolute Gasteiger partial charge is 0.383 e. The molecule has 3 aromatic rings. The maximum atomic E-state index is 14.5. The van der Waals surface area contributed by atoms with Gasteiger partial charge in [-0.1, -0.05) is 39.0 Å². The second kappa shape index (κ2) is 11.7. The molecule has 0 saturated carbocycles. The second-order valence-electron chi connectivity index (χ2n) is 9.31. The minimum absolute atomic E-state index is 0.0925. The smallest absolute Gasteiger partial charge is 0.279 e. The topological polar surface area (TPSA) is 81.0 Å². The summed E-state index contributed by atoms with van der Waals surface area (Å²) in [4.78, 5) is 17.3. The SMILES string of the molecule is COCCn1c(=NC(=O)c2ccc(S(=O)(=O)N(CC(C)C)CC(C)C)cc2)sc2cc(F)cc(F)c21. The molecule has 0 atom stereocenters. The minimum atomic E-state index is -3.74. The standard InChI is InChI=1S/C25H31F2N3O4S2/c1-16(2)14-29(15-17(3)4)36(32,33)20-8-6-18(7-9-20)24(31)28-25-30(10-11-34-5)23-21(27)12-19(26)13-22(23)35-25/h6-9,12-13,16-17H,10-11,14-15H2,1-5H3. The first-order valence-corrected chi connectivity index (χ1v) is 13.9. The van der Waals surface area contributed by atoms with Gasteiger partial charge in [-0.15, -0.1) is 0 Å². The molecule has 7 nitrogen and oxygen atoms in total. The van der Waals surface area contributed by atoms with Crippen molar-refractivity contribution in [2.24, 2.45) is 16.8 Å². The molecular formula is C25H31F2N3O4S2. The molecule has 0 unspecified atom stereocenters. The normalized spacial score (nSPS) is 13.0. The molecule has 0 bridgehead atoms. The number of hydrogen-bond acceptors (Lipinski definition) is 5. The second-order valence-corrected chi connectivity index (χ2v) is 12.3. The number of carbonyl (C=O) groups is 1. The van der Waals surface area contributed by atoms with Crippen molar-refractivity contribution in [3.63, 3.8) is 0 Å². The van der Waals surface area contributed by atoms with Crippen LogP contribution in [0.3, 0.4) is 0 Å². The molecule has 0 aliphatic rings. The van der Waals surface area contributed by atoms with Gasteiger partial charge in [-0.3, -0.25) is 4.79 Å². The van der Waals surface area contributed by atoms with Gasteiger partial charge in [0.05, 0.1) is 21.7 Å². The Kier molecular flexibility index (Phi) is 9.15. The van der Waals surface area contributed by atoms with Crippen LogP contribution >= 0.6 is 11.3 Å². The number of fused-ring (bicyclic) bond motifs is 1. The van der Waals surface area contributed by atoms with E-state index in [0.717, 1.165) is 17.4 Å². The molecule has 1 aromatic heterocycles. The van der Waals surface area contributed by atoms with Crippen LogP contribution < -0.4 is 4.80 Å². The van der Waals surface area contributed by atoms with Gasteiger partial charge >= 0.3 is 0 Å². The zero-order chi connectivity index (χ0) is 26.6. The molecular weight excluding hydrogens is 508 g/mol. The molecule has 1 heterocycles. The van der Waals surface area contributed by atoms with E-state index < -0.39 is 27.6 Å². The minimum Gasteiger partial charge on any atom is -0.383 e. The number of thiazole rings is 1.